The van der Waals surface area contributed by atoms with Crippen molar-refractivity contribution in [3.05, 3.63) is 0 Å². The van der Waals surface area contributed by atoms with Crippen LogP contribution in [-0.4, -0.2) is 25.3 Å². The van der Waals surface area contributed by atoms with E-state index in [1.807, 2.05) is 0 Å². The van der Waals surface area contributed by atoms with Crippen molar-refractivity contribution < 1.29 is 18.7 Å². The van der Waals surface area contributed by atoms with Crippen molar-refractivity contribution in [3.8, 4) is 0 Å². The first-order valence-electron chi connectivity index (χ1n) is 2.18. The summed E-state index contributed by atoms with van der Waals surface area (Å²) in [5.41, 5.74) is 0. The van der Waals surface area contributed by atoms with E-state index in [4.69, 9.17) is 0 Å². The smallest absolute Gasteiger partial charge is 0.295 e. The molecule has 0 fully saturated rings. The van der Waals surface area contributed by atoms with Crippen molar-refractivity contribution in [2.45, 2.75) is 0 Å². The topological polar surface area (TPSA) is 60.4 Å². The Labute approximate surface area is 53.1 Å². The van der Waals surface area contributed by atoms with E-state index in [-0.39, 0.29) is 12.9 Å². The molecular weight excluding hydrogens is 143 g/mol. The van der Waals surface area contributed by atoms with Gasteiger partial charge in [0.15, 0.2) is 19.6 Å². The molecule has 0 radical (unpaired) electrons. The van der Waals surface area contributed by atoms with Crippen LogP contribution in [0, 0.1) is 0 Å². The van der Waals surface area contributed by atoms with Crippen molar-refractivity contribution >= 4 is 20.1 Å². The van der Waals surface area contributed by atoms with Gasteiger partial charge in [-0.05, 0) is 4.57 Å². The molecule has 0 saturated heterocycles. The van der Waals surface area contributed by atoms with Crippen LogP contribution in [0.25, 0.3) is 0 Å². The van der Waals surface area contributed by atoms with Gasteiger partial charge in [0.1, 0.15) is 0 Å². The van der Waals surface area contributed by atoms with Crippen LogP contribution in [0.1, 0.15) is 0 Å². The number of ketones is 1. The van der Waals surface area contributed by atoms with Gasteiger partial charge in [-0.15, -0.1) is 4.52 Å². The van der Waals surface area contributed by atoms with Gasteiger partial charge in [0.2, 0.25) is 5.78 Å². The largest absolute Gasteiger partial charge is 0.505 e. The Morgan fingerprint density at radius 1 is 1.78 bits per heavy atom. The molecule has 0 aromatic heterocycles. The molecular formula is C4H6O4P+. The van der Waals surface area contributed by atoms with E-state index < -0.39 is 13.8 Å². The van der Waals surface area contributed by atoms with Gasteiger partial charge in [-0.3, -0.25) is 9.59 Å². The molecule has 0 heterocycles. The van der Waals surface area contributed by atoms with Crippen LogP contribution < -0.4 is 0 Å². The Bertz CT molecular complexity index is 142. The number of hydrogen-bond acceptors (Lipinski definition) is 4. The number of Topliss-reactive ketones (excluding diaryl/α,β-unsaturated/α-hetero) is 1. The second-order valence-electron chi connectivity index (χ2n) is 1.30. The lowest BCUT2D eigenvalue weighted by Crippen LogP contribution is -2.05. The van der Waals surface area contributed by atoms with E-state index in [9.17, 15) is 14.2 Å². The van der Waals surface area contributed by atoms with Gasteiger partial charge < -0.3 is 0 Å². The molecule has 0 rings (SSSR count). The van der Waals surface area contributed by atoms with Crippen LogP contribution in [0.4, 0.5) is 0 Å². The van der Waals surface area contributed by atoms with Gasteiger partial charge >= 0.3 is 8.03 Å². The molecule has 0 aliphatic heterocycles. The highest BCUT2D eigenvalue weighted by Gasteiger charge is 2.09. The summed E-state index contributed by atoms with van der Waals surface area (Å²) >= 11 is 0. The zero-order valence-electron chi connectivity index (χ0n) is 4.86. The second kappa shape index (κ2) is 4.30. The maximum atomic E-state index is 10.1. The summed E-state index contributed by atoms with van der Waals surface area (Å²) in [6.45, 7) is 0.933. The van der Waals surface area contributed by atoms with Gasteiger partial charge in [0, 0.05) is 0 Å². The summed E-state index contributed by atoms with van der Waals surface area (Å²) < 4.78 is 14.4. The summed E-state index contributed by atoms with van der Waals surface area (Å²) in [6, 6.07) is 0. The molecule has 0 aromatic carbocycles. The number of aldehydes is 1. The van der Waals surface area contributed by atoms with Crippen LogP contribution in [0.15, 0.2) is 0 Å². The van der Waals surface area contributed by atoms with Gasteiger partial charge in [0.05, 0.1) is 0 Å². The van der Waals surface area contributed by atoms with Gasteiger partial charge in [-0.2, -0.15) is 0 Å². The van der Waals surface area contributed by atoms with Crippen LogP contribution in [-0.2, 0) is 18.7 Å². The quantitative estimate of drug-likeness (QED) is 0.324. The lowest BCUT2D eigenvalue weighted by atomic mass is 10.5. The minimum absolute atomic E-state index is 0.138. The molecule has 0 N–H and O–H groups in total. The molecule has 0 bridgehead atoms. The van der Waals surface area contributed by atoms with Gasteiger partial charge in [0.25, 0.3) is 0 Å². The molecule has 50 valence electrons. The monoisotopic (exact) mass is 149 g/mol. The zero-order chi connectivity index (χ0) is 7.28. The third-order valence-electron chi connectivity index (χ3n) is 0.520. The lowest BCUT2D eigenvalue weighted by Gasteiger charge is -1.79. The van der Waals surface area contributed by atoms with Crippen molar-refractivity contribution in [1.82, 2.24) is 0 Å². The van der Waals surface area contributed by atoms with E-state index >= 15 is 0 Å². The predicted octanol–water partition coefficient (Wildman–Crippen LogP) is 0.143. The summed E-state index contributed by atoms with van der Waals surface area (Å²) in [4.78, 5) is 19.7. The molecule has 0 spiro atoms. The van der Waals surface area contributed by atoms with Gasteiger partial charge in [-0.1, -0.05) is 0 Å². The van der Waals surface area contributed by atoms with Crippen LogP contribution in [0.3, 0.4) is 0 Å². The van der Waals surface area contributed by atoms with Crippen LogP contribution >= 0.6 is 8.03 Å². The Kier molecular flexibility index (Phi) is 4.01. The Morgan fingerprint density at radius 2 is 2.33 bits per heavy atom. The van der Waals surface area contributed by atoms with E-state index in [2.05, 4.69) is 4.52 Å². The Balaban J connectivity index is 3.39. The summed E-state index contributed by atoms with van der Waals surface area (Å²) in [5, 5.41) is 0. The maximum Gasteiger partial charge on any atom is 0.505 e. The first-order valence-corrected chi connectivity index (χ1v) is 3.81. The highest BCUT2D eigenvalue weighted by Crippen LogP contribution is 2.13. The molecule has 1 atom stereocenters. The molecule has 1 unspecified atom stereocenters. The molecule has 0 saturated carbocycles. The number of carbonyl (C=O) groups excluding carboxylic acids is 2. The van der Waals surface area contributed by atoms with E-state index in [0.29, 0.717) is 0 Å². The average Bonchev–Trinajstić information content (AvgIpc) is 1.83. The first kappa shape index (κ1) is 8.40. The third kappa shape index (κ3) is 5.27. The number of hydrogen-bond donors (Lipinski definition) is 0. The predicted molar refractivity (Wildman–Crippen MR) is 30.6 cm³/mol. The summed E-state index contributed by atoms with van der Waals surface area (Å²) in [6.07, 6.45) is 0.138. The van der Waals surface area contributed by atoms with Crippen LogP contribution in [0.2, 0.25) is 0 Å². The third-order valence-corrected chi connectivity index (χ3v) is 1.01. The van der Waals surface area contributed by atoms with E-state index in [1.54, 1.807) is 0 Å². The minimum Gasteiger partial charge on any atom is -0.295 e. The van der Waals surface area contributed by atoms with Gasteiger partial charge in [-0.25, -0.2) is 0 Å². The van der Waals surface area contributed by atoms with E-state index in [1.165, 1.54) is 6.66 Å². The molecule has 0 aromatic rings. The standard InChI is InChI=1S/C4H6O4P/c1-9(7)8-3-4(6)2-5/h2H,3H2,1H3/q+1. The zero-order valence-corrected chi connectivity index (χ0v) is 5.76. The second-order valence-corrected chi connectivity index (χ2v) is 2.43. The van der Waals surface area contributed by atoms with Crippen LogP contribution in [0.5, 0.6) is 0 Å². The molecule has 5 heteroatoms. The number of carbonyl (C=O) groups is 2. The van der Waals surface area contributed by atoms with Crippen molar-refractivity contribution in [1.29, 1.82) is 0 Å². The highest BCUT2D eigenvalue weighted by molar-refractivity contribution is 7.38. The molecule has 4 nitrogen and oxygen atoms in total. The fourth-order valence-corrected chi connectivity index (χ4v) is 0.498. The fraction of sp³-hybridized carbons (Fsp3) is 0.500. The van der Waals surface area contributed by atoms with Crippen molar-refractivity contribution in [2.24, 2.45) is 0 Å². The maximum absolute atomic E-state index is 10.1. The highest BCUT2D eigenvalue weighted by atomic mass is 31.1. The number of rotatable bonds is 4. The Morgan fingerprint density at radius 3 is 2.67 bits per heavy atom. The van der Waals surface area contributed by atoms with Crippen molar-refractivity contribution in [3.63, 3.8) is 0 Å². The average molecular weight is 149 g/mol. The fourth-order valence-electron chi connectivity index (χ4n) is 0.189. The Hall–Kier alpha value is -0.600. The normalized spacial score (nSPS) is 10.6. The molecule has 0 amide bonds. The molecule has 0 aliphatic rings. The summed E-state index contributed by atoms with van der Waals surface area (Å²) in [5.74, 6) is -0.694. The summed E-state index contributed by atoms with van der Waals surface area (Å²) in [7, 11) is -1.77. The van der Waals surface area contributed by atoms with Crippen molar-refractivity contribution in [2.75, 3.05) is 13.3 Å². The first-order chi connectivity index (χ1) is 4.16. The molecule has 9 heavy (non-hydrogen) atoms. The van der Waals surface area contributed by atoms with E-state index in [0.717, 1.165) is 0 Å². The SMILES string of the molecule is C[P+](=O)OCC(=O)C=O. The minimum atomic E-state index is -1.77. The lowest BCUT2D eigenvalue weighted by molar-refractivity contribution is -0.131. The molecule has 0 aliphatic carbocycles.